The van der Waals surface area contributed by atoms with Gasteiger partial charge in [-0.3, -0.25) is 0 Å². The molecule has 1 aromatic heterocycles. The fourth-order valence-electron chi connectivity index (χ4n) is 1.85. The van der Waals surface area contributed by atoms with Crippen molar-refractivity contribution in [1.82, 2.24) is 4.98 Å². The first-order valence-corrected chi connectivity index (χ1v) is 5.82. The van der Waals surface area contributed by atoms with Gasteiger partial charge in [-0.15, -0.1) is 0 Å². The molecule has 6 heteroatoms. The molecule has 0 saturated carbocycles. The molecule has 20 heavy (non-hydrogen) atoms. The largest absolute Gasteiger partial charge is 0.478 e. The molecular weight excluding hydrogens is 266 g/mol. The average molecular weight is 278 g/mol. The van der Waals surface area contributed by atoms with Gasteiger partial charge in [0.2, 0.25) is 0 Å². The molecule has 104 valence electrons. The number of nitrogens with zero attached hydrogens (tertiary/aromatic N) is 2. The number of rotatable bonds is 4. The molecule has 2 aromatic rings. The van der Waals surface area contributed by atoms with Gasteiger partial charge in [0, 0.05) is 19.8 Å². The molecular formula is C14H12F2N2O2. The van der Waals surface area contributed by atoms with Crippen molar-refractivity contribution in [2.45, 2.75) is 6.54 Å². The fourth-order valence-corrected chi connectivity index (χ4v) is 1.85. The summed E-state index contributed by atoms with van der Waals surface area (Å²) in [5, 5.41) is 8.86. The number of carboxylic acids is 1. The van der Waals surface area contributed by atoms with Gasteiger partial charge in [-0.05, 0) is 23.8 Å². The Balaban J connectivity index is 2.28. The third-order valence-electron chi connectivity index (χ3n) is 2.77. The summed E-state index contributed by atoms with van der Waals surface area (Å²) in [7, 11) is 1.56. The van der Waals surface area contributed by atoms with Crippen LogP contribution in [0, 0.1) is 11.6 Å². The lowest BCUT2D eigenvalue weighted by Crippen LogP contribution is -2.20. The Hall–Kier alpha value is -2.50. The van der Waals surface area contributed by atoms with Crippen molar-refractivity contribution >= 4 is 11.8 Å². The number of hydrogen-bond acceptors (Lipinski definition) is 3. The molecule has 2 rings (SSSR count). The first kappa shape index (κ1) is 13.9. The van der Waals surface area contributed by atoms with Gasteiger partial charge in [-0.25, -0.2) is 18.6 Å². The monoisotopic (exact) mass is 278 g/mol. The summed E-state index contributed by atoms with van der Waals surface area (Å²) in [6.45, 7) is 0.213. The molecule has 0 aliphatic heterocycles. The summed E-state index contributed by atoms with van der Waals surface area (Å²) in [6.07, 6.45) is 1.23. The van der Waals surface area contributed by atoms with E-state index in [-0.39, 0.29) is 18.2 Å². The van der Waals surface area contributed by atoms with Crippen LogP contribution in [0.3, 0.4) is 0 Å². The zero-order valence-electron chi connectivity index (χ0n) is 10.7. The minimum absolute atomic E-state index is 0.0887. The van der Waals surface area contributed by atoms with Crippen molar-refractivity contribution in [3.8, 4) is 0 Å². The minimum atomic E-state index is -1.36. The van der Waals surface area contributed by atoms with Crippen LogP contribution in [0.1, 0.15) is 15.9 Å². The molecule has 1 aromatic carbocycles. The van der Waals surface area contributed by atoms with Crippen LogP contribution in [0.25, 0.3) is 0 Å². The van der Waals surface area contributed by atoms with Crippen molar-refractivity contribution in [2.24, 2.45) is 0 Å². The zero-order chi connectivity index (χ0) is 14.7. The summed E-state index contributed by atoms with van der Waals surface area (Å²) >= 11 is 0. The molecule has 0 bridgehead atoms. The Morgan fingerprint density at radius 1 is 1.35 bits per heavy atom. The summed E-state index contributed by atoms with van der Waals surface area (Å²) in [5.74, 6) is -2.73. The van der Waals surface area contributed by atoms with E-state index in [1.807, 2.05) is 0 Å². The Bertz CT molecular complexity index is 647. The van der Waals surface area contributed by atoms with E-state index in [0.29, 0.717) is 5.56 Å². The van der Waals surface area contributed by atoms with Crippen LogP contribution in [-0.4, -0.2) is 23.1 Å². The van der Waals surface area contributed by atoms with E-state index in [2.05, 4.69) is 4.98 Å². The van der Waals surface area contributed by atoms with Crippen LogP contribution in [0.15, 0.2) is 36.5 Å². The minimum Gasteiger partial charge on any atom is -0.478 e. The maximum Gasteiger partial charge on any atom is 0.338 e. The van der Waals surface area contributed by atoms with Crippen molar-refractivity contribution in [2.75, 3.05) is 11.9 Å². The van der Waals surface area contributed by atoms with Gasteiger partial charge in [0.25, 0.3) is 0 Å². The lowest BCUT2D eigenvalue weighted by Gasteiger charge is -2.19. The van der Waals surface area contributed by atoms with Gasteiger partial charge in [0.05, 0.1) is 0 Å². The second-order valence-corrected chi connectivity index (χ2v) is 4.29. The normalized spacial score (nSPS) is 10.3. The molecule has 1 N–H and O–H groups in total. The number of benzene rings is 1. The highest BCUT2D eigenvalue weighted by atomic mass is 19.1. The SMILES string of the molecule is CN(Cc1cccc(F)c1)c1nccc(C(=O)O)c1F. The van der Waals surface area contributed by atoms with Crippen molar-refractivity contribution in [3.63, 3.8) is 0 Å². The molecule has 0 aliphatic rings. The highest BCUT2D eigenvalue weighted by molar-refractivity contribution is 5.88. The molecule has 0 radical (unpaired) electrons. The summed E-state index contributed by atoms with van der Waals surface area (Å²) in [6, 6.07) is 6.98. The summed E-state index contributed by atoms with van der Waals surface area (Å²) in [5.41, 5.74) is 0.190. The van der Waals surface area contributed by atoms with Crippen LogP contribution in [0.5, 0.6) is 0 Å². The van der Waals surface area contributed by atoms with Gasteiger partial charge in [0.1, 0.15) is 11.4 Å². The smallest absolute Gasteiger partial charge is 0.338 e. The van der Waals surface area contributed by atoms with Crippen LogP contribution in [-0.2, 0) is 6.54 Å². The van der Waals surface area contributed by atoms with Gasteiger partial charge in [-0.1, -0.05) is 12.1 Å². The molecule has 4 nitrogen and oxygen atoms in total. The third kappa shape index (κ3) is 2.90. The number of hydrogen-bond donors (Lipinski definition) is 1. The molecule has 0 amide bonds. The highest BCUT2D eigenvalue weighted by Gasteiger charge is 2.17. The van der Waals surface area contributed by atoms with E-state index in [1.54, 1.807) is 19.2 Å². The topological polar surface area (TPSA) is 53.4 Å². The molecule has 0 aliphatic carbocycles. The molecule has 0 unspecified atom stereocenters. The molecule has 0 saturated heterocycles. The predicted molar refractivity (Wildman–Crippen MR) is 69.7 cm³/mol. The number of carbonyl (C=O) groups is 1. The van der Waals surface area contributed by atoms with Gasteiger partial charge >= 0.3 is 5.97 Å². The number of pyridine rings is 1. The van der Waals surface area contributed by atoms with E-state index in [4.69, 9.17) is 5.11 Å². The first-order valence-electron chi connectivity index (χ1n) is 5.82. The quantitative estimate of drug-likeness (QED) is 0.934. The second-order valence-electron chi connectivity index (χ2n) is 4.29. The zero-order valence-corrected chi connectivity index (χ0v) is 10.7. The van der Waals surface area contributed by atoms with E-state index in [1.165, 1.54) is 23.2 Å². The summed E-state index contributed by atoms with van der Waals surface area (Å²) < 4.78 is 27.1. The van der Waals surface area contributed by atoms with Crippen molar-refractivity contribution in [1.29, 1.82) is 0 Å². The number of halogens is 2. The Labute approximate surface area is 114 Å². The van der Waals surface area contributed by atoms with Gasteiger partial charge in [-0.2, -0.15) is 0 Å². The van der Waals surface area contributed by atoms with E-state index >= 15 is 0 Å². The summed E-state index contributed by atoms with van der Waals surface area (Å²) in [4.78, 5) is 16.1. The van der Waals surface area contributed by atoms with E-state index < -0.39 is 17.3 Å². The van der Waals surface area contributed by atoms with Crippen LogP contribution < -0.4 is 4.90 Å². The molecule has 1 heterocycles. The molecule has 0 atom stereocenters. The fraction of sp³-hybridized carbons (Fsp3) is 0.143. The Kier molecular flexibility index (Phi) is 3.93. The number of carboxylic acid groups (broad SMARTS) is 1. The standard InChI is InChI=1S/C14H12F2N2O2/c1-18(8-9-3-2-4-10(15)7-9)13-12(16)11(14(19)20)5-6-17-13/h2-7H,8H2,1H3,(H,19,20). The Morgan fingerprint density at radius 3 is 2.75 bits per heavy atom. The Morgan fingerprint density at radius 2 is 2.10 bits per heavy atom. The number of anilines is 1. The van der Waals surface area contributed by atoms with Crippen LogP contribution >= 0.6 is 0 Å². The average Bonchev–Trinajstić information content (AvgIpc) is 2.38. The molecule has 0 spiro atoms. The lowest BCUT2D eigenvalue weighted by molar-refractivity contribution is 0.0692. The van der Waals surface area contributed by atoms with Crippen molar-refractivity contribution in [3.05, 3.63) is 59.3 Å². The highest BCUT2D eigenvalue weighted by Crippen LogP contribution is 2.20. The lowest BCUT2D eigenvalue weighted by atomic mass is 10.2. The maximum atomic E-state index is 14.0. The van der Waals surface area contributed by atoms with Crippen LogP contribution in [0.2, 0.25) is 0 Å². The second kappa shape index (κ2) is 5.64. The van der Waals surface area contributed by atoms with Gasteiger partial charge in [0.15, 0.2) is 11.6 Å². The first-order chi connectivity index (χ1) is 9.49. The van der Waals surface area contributed by atoms with E-state index in [9.17, 15) is 13.6 Å². The third-order valence-corrected chi connectivity index (χ3v) is 2.77. The number of aromatic nitrogens is 1. The van der Waals surface area contributed by atoms with Crippen molar-refractivity contribution < 1.29 is 18.7 Å². The number of aromatic carboxylic acids is 1. The maximum absolute atomic E-state index is 14.0. The predicted octanol–water partition coefficient (Wildman–Crippen LogP) is 2.69. The van der Waals surface area contributed by atoms with E-state index in [0.717, 1.165) is 6.07 Å². The van der Waals surface area contributed by atoms with Gasteiger partial charge < -0.3 is 10.0 Å². The van der Waals surface area contributed by atoms with Crippen LogP contribution in [0.4, 0.5) is 14.6 Å². The molecule has 0 fully saturated rings.